The normalized spacial score (nSPS) is 15.0. The van der Waals surface area contributed by atoms with E-state index in [1.54, 1.807) is 24.5 Å². The number of benzene rings is 1. The topological polar surface area (TPSA) is 127 Å². The first kappa shape index (κ1) is 21.6. The van der Waals surface area contributed by atoms with Gasteiger partial charge in [0.25, 0.3) is 0 Å². The van der Waals surface area contributed by atoms with Crippen molar-refractivity contribution in [3.05, 3.63) is 95.2 Å². The van der Waals surface area contributed by atoms with E-state index >= 15 is 0 Å². The van der Waals surface area contributed by atoms with Gasteiger partial charge in [0.1, 0.15) is 17.3 Å². The minimum Gasteiger partial charge on any atom is -0.373 e. The molecule has 0 radical (unpaired) electrons. The maximum absolute atomic E-state index is 12.5. The zero-order valence-electron chi connectivity index (χ0n) is 19.6. The molecular formula is C27H26N6O2. The van der Waals surface area contributed by atoms with Gasteiger partial charge in [-0.1, -0.05) is 17.3 Å². The highest BCUT2D eigenvalue weighted by atomic mass is 16.5. The molecule has 35 heavy (non-hydrogen) atoms. The number of fused-ring (bicyclic) bond motifs is 1. The van der Waals surface area contributed by atoms with Crippen molar-refractivity contribution < 1.29 is 9.63 Å². The van der Waals surface area contributed by atoms with Crippen LogP contribution in [0.15, 0.2) is 65.4 Å². The van der Waals surface area contributed by atoms with Crippen LogP contribution >= 0.6 is 0 Å². The van der Waals surface area contributed by atoms with Crippen LogP contribution in [0.2, 0.25) is 0 Å². The SMILES string of the molecule is Cc1onc(C(C)N)c1-c1cc(C(O)(c2ccccn2)c2ccccn2)c2nc(C3CC3)[nH]c2c1. The smallest absolute Gasteiger partial charge is 0.176 e. The number of nitrogens with two attached hydrogens (primary N) is 1. The van der Waals surface area contributed by atoms with Crippen molar-refractivity contribution in [2.24, 2.45) is 5.73 Å². The molecule has 1 aromatic carbocycles. The van der Waals surface area contributed by atoms with Gasteiger partial charge in [-0.05, 0) is 68.7 Å². The van der Waals surface area contributed by atoms with Crippen molar-refractivity contribution >= 4 is 11.0 Å². The minimum absolute atomic E-state index is 0.323. The molecule has 0 aliphatic heterocycles. The molecule has 0 saturated heterocycles. The van der Waals surface area contributed by atoms with Gasteiger partial charge in [0.05, 0.1) is 22.4 Å². The fourth-order valence-corrected chi connectivity index (χ4v) is 4.72. The van der Waals surface area contributed by atoms with Crippen molar-refractivity contribution in [1.29, 1.82) is 0 Å². The van der Waals surface area contributed by atoms with Gasteiger partial charge >= 0.3 is 0 Å². The van der Waals surface area contributed by atoms with E-state index in [4.69, 9.17) is 15.2 Å². The monoisotopic (exact) mass is 466 g/mol. The Kier molecular flexibility index (Phi) is 5.01. The number of aromatic amines is 1. The number of hydrogen-bond acceptors (Lipinski definition) is 7. The highest BCUT2D eigenvalue weighted by Gasteiger charge is 2.40. The van der Waals surface area contributed by atoms with Crippen molar-refractivity contribution in [3.63, 3.8) is 0 Å². The standard InChI is InChI=1S/C27H26N6O2/c1-15(28)24-23(16(2)35-33-24)18-13-19(25-20(14-18)31-26(32-25)17-9-10-17)27(34,21-7-3-5-11-29-21)22-8-4-6-12-30-22/h3-8,11-15,17,34H,9-10,28H2,1-2H3,(H,31,32). The van der Waals surface area contributed by atoms with E-state index in [2.05, 4.69) is 20.1 Å². The van der Waals surface area contributed by atoms with Gasteiger partial charge in [-0.15, -0.1) is 0 Å². The molecule has 4 heterocycles. The van der Waals surface area contributed by atoms with Crippen LogP contribution in [-0.2, 0) is 5.60 Å². The largest absolute Gasteiger partial charge is 0.373 e. The third kappa shape index (κ3) is 3.53. The van der Waals surface area contributed by atoms with Gasteiger partial charge in [-0.2, -0.15) is 0 Å². The van der Waals surface area contributed by atoms with Crippen LogP contribution in [0, 0.1) is 6.92 Å². The number of aryl methyl sites for hydroxylation is 1. The molecule has 4 aromatic heterocycles. The summed E-state index contributed by atoms with van der Waals surface area (Å²) < 4.78 is 5.53. The van der Waals surface area contributed by atoms with Gasteiger partial charge < -0.3 is 20.3 Å². The number of aliphatic hydroxyl groups is 1. The van der Waals surface area contributed by atoms with Crippen LogP contribution in [-0.4, -0.2) is 30.2 Å². The van der Waals surface area contributed by atoms with Crippen LogP contribution in [0.4, 0.5) is 0 Å². The van der Waals surface area contributed by atoms with E-state index < -0.39 is 5.60 Å². The number of nitrogens with one attached hydrogen (secondary N) is 1. The molecule has 1 aliphatic rings. The average Bonchev–Trinajstić information content (AvgIpc) is 3.53. The molecule has 6 rings (SSSR count). The Labute approximate surface area is 202 Å². The van der Waals surface area contributed by atoms with E-state index in [0.717, 1.165) is 35.3 Å². The zero-order valence-corrected chi connectivity index (χ0v) is 19.6. The number of aromatic nitrogens is 5. The van der Waals surface area contributed by atoms with Crippen LogP contribution in [0.5, 0.6) is 0 Å². The lowest BCUT2D eigenvalue weighted by Crippen LogP contribution is -2.31. The Morgan fingerprint density at radius 2 is 1.77 bits per heavy atom. The third-order valence-corrected chi connectivity index (χ3v) is 6.64. The van der Waals surface area contributed by atoms with Crippen molar-refractivity contribution in [1.82, 2.24) is 25.1 Å². The molecule has 1 atom stereocenters. The lowest BCUT2D eigenvalue weighted by atomic mass is 9.83. The van der Waals surface area contributed by atoms with Gasteiger partial charge in [-0.25, -0.2) is 4.98 Å². The summed E-state index contributed by atoms with van der Waals surface area (Å²) in [6.45, 7) is 3.74. The first-order valence-corrected chi connectivity index (χ1v) is 11.8. The zero-order chi connectivity index (χ0) is 24.2. The molecule has 5 aromatic rings. The van der Waals surface area contributed by atoms with Crippen molar-refractivity contribution in [2.75, 3.05) is 0 Å². The third-order valence-electron chi connectivity index (χ3n) is 6.64. The molecule has 0 amide bonds. The predicted molar refractivity (Wildman–Crippen MR) is 131 cm³/mol. The summed E-state index contributed by atoms with van der Waals surface area (Å²) in [4.78, 5) is 17.5. The number of H-pyrrole nitrogens is 1. The first-order valence-electron chi connectivity index (χ1n) is 11.8. The second-order valence-corrected chi connectivity index (χ2v) is 9.24. The van der Waals surface area contributed by atoms with Crippen LogP contribution in [0.3, 0.4) is 0 Å². The fourth-order valence-electron chi connectivity index (χ4n) is 4.72. The van der Waals surface area contributed by atoms with Gasteiger partial charge in [0.15, 0.2) is 5.60 Å². The Balaban J connectivity index is 1.69. The Hall–Kier alpha value is -3.88. The van der Waals surface area contributed by atoms with E-state index in [1.807, 2.05) is 50.2 Å². The molecule has 176 valence electrons. The summed E-state index contributed by atoms with van der Waals surface area (Å²) in [5, 5.41) is 16.7. The molecular weight excluding hydrogens is 440 g/mol. The lowest BCUT2D eigenvalue weighted by molar-refractivity contribution is 0.117. The minimum atomic E-state index is -1.65. The van der Waals surface area contributed by atoms with E-state index in [1.165, 1.54) is 0 Å². The van der Waals surface area contributed by atoms with Crippen LogP contribution < -0.4 is 5.73 Å². The summed E-state index contributed by atoms with van der Waals surface area (Å²) in [5.41, 5.74) is 9.89. The molecule has 4 N–H and O–H groups in total. The molecule has 8 heteroatoms. The van der Waals surface area contributed by atoms with Crippen molar-refractivity contribution in [2.45, 2.75) is 44.2 Å². The van der Waals surface area contributed by atoms with Crippen LogP contribution in [0.25, 0.3) is 22.2 Å². The molecule has 0 spiro atoms. The predicted octanol–water partition coefficient (Wildman–Crippen LogP) is 4.50. The van der Waals surface area contributed by atoms with E-state index in [9.17, 15) is 5.11 Å². The lowest BCUT2D eigenvalue weighted by Gasteiger charge is -2.28. The van der Waals surface area contributed by atoms with E-state index in [-0.39, 0.29) is 6.04 Å². The highest BCUT2D eigenvalue weighted by Crippen LogP contribution is 2.44. The van der Waals surface area contributed by atoms with Gasteiger partial charge in [0, 0.05) is 35.5 Å². The summed E-state index contributed by atoms with van der Waals surface area (Å²) in [6, 6.07) is 14.6. The molecule has 1 fully saturated rings. The van der Waals surface area contributed by atoms with Crippen LogP contribution in [0.1, 0.15) is 66.0 Å². The maximum atomic E-state index is 12.5. The van der Waals surface area contributed by atoms with Gasteiger partial charge in [-0.3, -0.25) is 9.97 Å². The quantitative estimate of drug-likeness (QED) is 0.336. The number of pyridine rings is 2. The second-order valence-electron chi connectivity index (χ2n) is 9.24. The molecule has 0 bridgehead atoms. The number of nitrogens with zero attached hydrogens (tertiary/aromatic N) is 4. The Morgan fingerprint density at radius 1 is 1.09 bits per heavy atom. The molecule has 1 saturated carbocycles. The van der Waals surface area contributed by atoms with Crippen molar-refractivity contribution in [3.8, 4) is 11.1 Å². The Bertz CT molecular complexity index is 1460. The summed E-state index contributed by atoms with van der Waals surface area (Å²) in [6.07, 6.45) is 5.55. The van der Waals surface area contributed by atoms with E-state index in [0.29, 0.717) is 39.8 Å². The maximum Gasteiger partial charge on any atom is 0.176 e. The van der Waals surface area contributed by atoms with Gasteiger partial charge in [0.2, 0.25) is 0 Å². The first-order chi connectivity index (χ1) is 17.0. The summed E-state index contributed by atoms with van der Waals surface area (Å²) in [5.74, 6) is 1.99. The Morgan fingerprint density at radius 3 is 2.34 bits per heavy atom. The summed E-state index contributed by atoms with van der Waals surface area (Å²) >= 11 is 0. The number of imidazole rings is 1. The summed E-state index contributed by atoms with van der Waals surface area (Å²) in [7, 11) is 0. The second kappa shape index (κ2) is 8.11. The highest BCUT2D eigenvalue weighted by molar-refractivity contribution is 5.88. The average molecular weight is 467 g/mol. The molecule has 1 unspecified atom stereocenters. The fraction of sp³-hybridized carbons (Fsp3) is 0.259. The number of hydrogen-bond donors (Lipinski definition) is 3. The molecule has 8 nitrogen and oxygen atoms in total. The molecule has 1 aliphatic carbocycles. The number of rotatable bonds is 6.